The largest absolute Gasteiger partial charge is 0.480 e. The van der Waals surface area contributed by atoms with Crippen LogP contribution in [0.5, 0.6) is 5.75 Å². The summed E-state index contributed by atoms with van der Waals surface area (Å²) in [5.41, 5.74) is 2.41. The molecule has 4 rings (SSSR count). The number of carbonyl (C=O) groups excluding carboxylic acids is 1. The molecule has 1 aromatic heterocycles. The van der Waals surface area contributed by atoms with Gasteiger partial charge >= 0.3 is 0 Å². The second kappa shape index (κ2) is 6.86. The summed E-state index contributed by atoms with van der Waals surface area (Å²) in [5, 5.41) is 3.98. The molecule has 0 radical (unpaired) electrons. The van der Waals surface area contributed by atoms with Crippen molar-refractivity contribution in [2.45, 2.75) is 57.6 Å². The van der Waals surface area contributed by atoms with Gasteiger partial charge in [0.1, 0.15) is 5.75 Å². The number of amides is 1. The number of aryl methyl sites for hydroxylation is 2. The normalized spacial score (nSPS) is 23.5. The molecule has 0 spiro atoms. The monoisotopic (exact) mass is 341 g/mol. The molecule has 0 N–H and O–H groups in total. The quantitative estimate of drug-likeness (QED) is 0.839. The van der Waals surface area contributed by atoms with Crippen molar-refractivity contribution in [3.63, 3.8) is 0 Å². The van der Waals surface area contributed by atoms with Crippen molar-refractivity contribution in [3.05, 3.63) is 41.5 Å². The Morgan fingerprint density at radius 3 is 3.00 bits per heavy atom. The van der Waals surface area contributed by atoms with E-state index in [1.807, 2.05) is 17.0 Å². The fourth-order valence-electron chi connectivity index (χ4n) is 3.84. The van der Waals surface area contributed by atoms with Crippen molar-refractivity contribution >= 4 is 5.91 Å². The van der Waals surface area contributed by atoms with Gasteiger partial charge in [0.25, 0.3) is 5.91 Å². The molecule has 2 aliphatic rings. The number of aromatic nitrogens is 2. The molecule has 2 aliphatic heterocycles. The lowest BCUT2D eigenvalue weighted by Gasteiger charge is -2.33. The molecule has 0 bridgehead atoms. The predicted molar refractivity (Wildman–Crippen MR) is 91.1 cm³/mol. The number of hydrogen-bond acceptors (Lipinski definition) is 5. The van der Waals surface area contributed by atoms with E-state index in [1.54, 1.807) is 0 Å². The lowest BCUT2D eigenvalue weighted by atomic mass is 9.99. The third-order valence-electron chi connectivity index (χ3n) is 5.15. The lowest BCUT2D eigenvalue weighted by Crippen LogP contribution is -2.45. The predicted octanol–water partition coefficient (Wildman–Crippen LogP) is 3.22. The second-order valence-electron chi connectivity index (χ2n) is 6.94. The number of nitrogens with zero attached hydrogens (tertiary/aromatic N) is 3. The Labute approximate surface area is 147 Å². The van der Waals surface area contributed by atoms with Gasteiger partial charge < -0.3 is 14.2 Å². The van der Waals surface area contributed by atoms with Crippen molar-refractivity contribution in [2.75, 3.05) is 6.54 Å². The van der Waals surface area contributed by atoms with Crippen LogP contribution >= 0.6 is 0 Å². The zero-order valence-electron chi connectivity index (χ0n) is 14.5. The van der Waals surface area contributed by atoms with E-state index in [4.69, 9.17) is 9.26 Å². The molecular formula is C19H23N3O3. The maximum absolute atomic E-state index is 13.2. The summed E-state index contributed by atoms with van der Waals surface area (Å²) in [5.74, 6) is 1.48. The number of likely N-dealkylation sites (tertiary alicyclic amines) is 1. The molecule has 1 amide bonds. The van der Waals surface area contributed by atoms with Crippen LogP contribution in [0.15, 0.2) is 29.1 Å². The first-order valence-corrected chi connectivity index (χ1v) is 9.05. The van der Waals surface area contributed by atoms with Gasteiger partial charge in [-0.1, -0.05) is 35.7 Å². The van der Waals surface area contributed by atoms with Crippen LogP contribution in [0, 0.1) is 6.92 Å². The van der Waals surface area contributed by atoms with Crippen LogP contribution in [-0.2, 0) is 11.2 Å². The van der Waals surface area contributed by atoms with Gasteiger partial charge in [-0.3, -0.25) is 4.79 Å². The summed E-state index contributed by atoms with van der Waals surface area (Å²) in [6.45, 7) is 2.79. The van der Waals surface area contributed by atoms with E-state index in [-0.39, 0.29) is 11.9 Å². The number of benzene rings is 1. The highest BCUT2D eigenvalue weighted by molar-refractivity contribution is 5.82. The molecule has 3 heterocycles. The molecule has 0 unspecified atom stereocenters. The van der Waals surface area contributed by atoms with Gasteiger partial charge in [-0.2, -0.15) is 4.98 Å². The zero-order chi connectivity index (χ0) is 17.2. The third-order valence-corrected chi connectivity index (χ3v) is 5.15. The van der Waals surface area contributed by atoms with E-state index < -0.39 is 6.10 Å². The highest BCUT2D eigenvalue weighted by Crippen LogP contribution is 2.33. The number of hydrogen-bond donors (Lipinski definition) is 0. The van der Waals surface area contributed by atoms with E-state index in [0.29, 0.717) is 12.2 Å². The highest BCUT2D eigenvalue weighted by atomic mass is 16.5. The van der Waals surface area contributed by atoms with Crippen molar-refractivity contribution in [1.82, 2.24) is 15.0 Å². The van der Waals surface area contributed by atoms with Gasteiger partial charge in [0.15, 0.2) is 11.9 Å². The molecule has 2 aromatic rings. The van der Waals surface area contributed by atoms with Crippen LogP contribution in [0.4, 0.5) is 0 Å². The number of rotatable bonds is 2. The minimum Gasteiger partial charge on any atom is -0.480 e. The highest BCUT2D eigenvalue weighted by Gasteiger charge is 2.36. The third kappa shape index (κ3) is 3.25. The molecule has 6 nitrogen and oxygen atoms in total. The molecule has 1 fully saturated rings. The number of fused-ring (bicyclic) bond motifs is 1. The summed E-state index contributed by atoms with van der Waals surface area (Å²) < 4.78 is 11.0. The SMILES string of the molecule is Cc1ccc2c(c1)CC[C@H](C(=O)N1CCCCC[C@H]1c1ncon1)O2. The first kappa shape index (κ1) is 16.1. The van der Waals surface area contributed by atoms with Gasteiger partial charge in [-0.15, -0.1) is 0 Å². The summed E-state index contributed by atoms with van der Waals surface area (Å²) in [7, 11) is 0. The van der Waals surface area contributed by atoms with E-state index in [9.17, 15) is 4.79 Å². The van der Waals surface area contributed by atoms with E-state index in [1.165, 1.54) is 17.5 Å². The minimum atomic E-state index is -0.428. The van der Waals surface area contributed by atoms with Crippen LogP contribution in [0.25, 0.3) is 0 Å². The fraction of sp³-hybridized carbons (Fsp3) is 0.526. The van der Waals surface area contributed by atoms with E-state index >= 15 is 0 Å². The number of carbonyl (C=O) groups is 1. The molecule has 2 atom stereocenters. The van der Waals surface area contributed by atoms with Gasteiger partial charge in [-0.25, -0.2) is 0 Å². The van der Waals surface area contributed by atoms with Gasteiger partial charge in [0.2, 0.25) is 6.39 Å². The zero-order valence-corrected chi connectivity index (χ0v) is 14.5. The Morgan fingerprint density at radius 2 is 2.16 bits per heavy atom. The van der Waals surface area contributed by atoms with Gasteiger partial charge in [0.05, 0.1) is 6.04 Å². The summed E-state index contributed by atoms with van der Waals surface area (Å²) in [6, 6.07) is 6.03. The first-order valence-electron chi connectivity index (χ1n) is 9.05. The molecule has 6 heteroatoms. The van der Waals surface area contributed by atoms with Crippen molar-refractivity contribution in [1.29, 1.82) is 0 Å². The van der Waals surface area contributed by atoms with Crippen LogP contribution in [0.2, 0.25) is 0 Å². The topological polar surface area (TPSA) is 68.5 Å². The van der Waals surface area contributed by atoms with Crippen molar-refractivity contribution < 1.29 is 14.1 Å². The second-order valence-corrected chi connectivity index (χ2v) is 6.94. The maximum Gasteiger partial charge on any atom is 0.264 e. The molecule has 25 heavy (non-hydrogen) atoms. The Balaban J connectivity index is 1.55. The molecule has 132 valence electrons. The Morgan fingerprint density at radius 1 is 1.24 bits per heavy atom. The molecule has 1 saturated heterocycles. The van der Waals surface area contributed by atoms with Crippen molar-refractivity contribution in [2.24, 2.45) is 0 Å². The van der Waals surface area contributed by atoms with E-state index in [2.05, 4.69) is 23.1 Å². The average molecular weight is 341 g/mol. The summed E-state index contributed by atoms with van der Waals surface area (Å²) in [4.78, 5) is 19.3. The van der Waals surface area contributed by atoms with Crippen LogP contribution in [0.3, 0.4) is 0 Å². The summed E-state index contributed by atoms with van der Waals surface area (Å²) >= 11 is 0. The van der Waals surface area contributed by atoms with E-state index in [0.717, 1.165) is 44.4 Å². The molecule has 0 aliphatic carbocycles. The number of ether oxygens (including phenoxy) is 1. The molecule has 0 saturated carbocycles. The van der Waals surface area contributed by atoms with Crippen LogP contribution in [0.1, 0.15) is 55.1 Å². The Bertz CT molecular complexity index is 744. The standard InChI is InChI=1S/C19H23N3O3/c1-13-6-8-16-14(11-13)7-9-17(25-16)19(23)22-10-4-2-3-5-15(22)18-20-12-24-21-18/h6,8,11-12,15,17H,2-5,7,9-10H2,1H3/t15-,17+/m0/s1. The molecule has 1 aromatic carbocycles. The maximum atomic E-state index is 13.2. The molecular weight excluding hydrogens is 318 g/mol. The first-order chi connectivity index (χ1) is 12.2. The van der Waals surface area contributed by atoms with Crippen LogP contribution in [-0.4, -0.2) is 33.6 Å². The Hall–Kier alpha value is -2.37. The Kier molecular flexibility index (Phi) is 4.42. The van der Waals surface area contributed by atoms with Crippen LogP contribution < -0.4 is 4.74 Å². The smallest absolute Gasteiger partial charge is 0.264 e. The van der Waals surface area contributed by atoms with Gasteiger partial charge in [-0.05, 0) is 44.2 Å². The average Bonchev–Trinajstić information content (AvgIpc) is 3.05. The van der Waals surface area contributed by atoms with Crippen molar-refractivity contribution in [3.8, 4) is 5.75 Å². The fourth-order valence-corrected chi connectivity index (χ4v) is 3.84. The summed E-state index contributed by atoms with van der Waals surface area (Å²) in [6.07, 6.45) is 6.54. The minimum absolute atomic E-state index is 0.0444. The van der Waals surface area contributed by atoms with Gasteiger partial charge in [0, 0.05) is 6.54 Å². The lowest BCUT2D eigenvalue weighted by molar-refractivity contribution is -0.142.